The van der Waals surface area contributed by atoms with Gasteiger partial charge in [0.05, 0.1) is 11.1 Å². The molecule has 1 aromatic heterocycles. The molecular weight excluding hydrogens is 398 g/mol. The molecule has 160 valence electrons. The van der Waals surface area contributed by atoms with Gasteiger partial charge in [0.2, 0.25) is 0 Å². The van der Waals surface area contributed by atoms with E-state index in [2.05, 4.69) is 29.4 Å². The number of amides is 1. The Morgan fingerprint density at radius 3 is 2.09 bits per heavy atom. The first-order valence-corrected chi connectivity index (χ1v) is 11.1. The average molecular weight is 424 g/mol. The fourth-order valence-corrected chi connectivity index (χ4v) is 4.53. The van der Waals surface area contributed by atoms with E-state index >= 15 is 0 Å². The number of benzene rings is 3. The molecule has 1 aliphatic heterocycles. The zero-order valence-electron chi connectivity index (χ0n) is 17.9. The van der Waals surface area contributed by atoms with Crippen LogP contribution in [-0.2, 0) is 6.42 Å². The van der Waals surface area contributed by atoms with Crippen LogP contribution >= 0.6 is 0 Å². The van der Waals surface area contributed by atoms with Crippen molar-refractivity contribution in [2.45, 2.75) is 19.3 Å². The fourth-order valence-electron chi connectivity index (χ4n) is 4.53. The van der Waals surface area contributed by atoms with Crippen LogP contribution in [0, 0.1) is 5.92 Å². The molecule has 0 N–H and O–H groups in total. The normalized spacial score (nSPS) is 14.6. The van der Waals surface area contributed by atoms with Crippen LogP contribution < -0.4 is 5.56 Å². The molecule has 0 aliphatic carbocycles. The SMILES string of the molecule is O=C(c1nn(-c2ccccc2)c(=O)c2ccccc12)N1CCC(Cc2ccccc2)CC1. The van der Waals surface area contributed by atoms with E-state index in [1.807, 2.05) is 59.5 Å². The van der Waals surface area contributed by atoms with Crippen molar-refractivity contribution in [2.75, 3.05) is 13.1 Å². The highest BCUT2D eigenvalue weighted by atomic mass is 16.2. The first kappa shape index (κ1) is 20.2. The van der Waals surface area contributed by atoms with Gasteiger partial charge in [-0.05, 0) is 48.9 Å². The van der Waals surface area contributed by atoms with E-state index in [1.54, 1.807) is 6.07 Å². The van der Waals surface area contributed by atoms with Gasteiger partial charge in [-0.3, -0.25) is 9.59 Å². The van der Waals surface area contributed by atoms with Crippen LogP contribution in [0.2, 0.25) is 0 Å². The largest absolute Gasteiger partial charge is 0.337 e. The van der Waals surface area contributed by atoms with Gasteiger partial charge in [0, 0.05) is 18.5 Å². The summed E-state index contributed by atoms with van der Waals surface area (Å²) in [5.41, 5.74) is 2.12. The lowest BCUT2D eigenvalue weighted by Crippen LogP contribution is -2.40. The molecule has 32 heavy (non-hydrogen) atoms. The molecule has 2 heterocycles. The first-order chi connectivity index (χ1) is 15.7. The number of nitrogens with zero attached hydrogens (tertiary/aromatic N) is 3. The molecule has 1 fully saturated rings. The third-order valence-corrected chi connectivity index (χ3v) is 6.28. The van der Waals surface area contributed by atoms with Gasteiger partial charge in [-0.2, -0.15) is 9.78 Å². The molecule has 1 aliphatic rings. The predicted molar refractivity (Wildman–Crippen MR) is 126 cm³/mol. The van der Waals surface area contributed by atoms with E-state index in [0.29, 0.717) is 41.2 Å². The van der Waals surface area contributed by atoms with Crippen LogP contribution in [0.1, 0.15) is 28.9 Å². The fraction of sp³-hybridized carbons (Fsp3) is 0.222. The summed E-state index contributed by atoms with van der Waals surface area (Å²) in [6.07, 6.45) is 2.98. The maximum Gasteiger partial charge on any atom is 0.279 e. The molecule has 1 amide bonds. The van der Waals surface area contributed by atoms with Crippen molar-refractivity contribution in [3.05, 3.63) is 107 Å². The minimum absolute atomic E-state index is 0.107. The summed E-state index contributed by atoms with van der Waals surface area (Å²) in [5, 5.41) is 5.67. The maximum absolute atomic E-state index is 13.5. The van der Waals surface area contributed by atoms with Crippen LogP contribution in [0.25, 0.3) is 16.5 Å². The van der Waals surface area contributed by atoms with E-state index in [4.69, 9.17) is 0 Å². The van der Waals surface area contributed by atoms with Gasteiger partial charge in [-0.1, -0.05) is 66.7 Å². The zero-order chi connectivity index (χ0) is 21.9. The third-order valence-electron chi connectivity index (χ3n) is 6.28. The quantitative estimate of drug-likeness (QED) is 0.486. The summed E-state index contributed by atoms with van der Waals surface area (Å²) < 4.78 is 1.34. The molecule has 1 saturated heterocycles. The lowest BCUT2D eigenvalue weighted by Gasteiger charge is -2.32. The smallest absolute Gasteiger partial charge is 0.279 e. The zero-order valence-corrected chi connectivity index (χ0v) is 17.9. The predicted octanol–water partition coefficient (Wildman–Crippen LogP) is 4.48. The lowest BCUT2D eigenvalue weighted by atomic mass is 9.90. The van der Waals surface area contributed by atoms with Crippen molar-refractivity contribution in [3.8, 4) is 5.69 Å². The van der Waals surface area contributed by atoms with E-state index in [9.17, 15) is 9.59 Å². The number of piperidine rings is 1. The van der Waals surface area contributed by atoms with E-state index in [-0.39, 0.29) is 11.5 Å². The summed E-state index contributed by atoms with van der Waals surface area (Å²) in [4.78, 5) is 28.5. The Morgan fingerprint density at radius 1 is 0.812 bits per heavy atom. The van der Waals surface area contributed by atoms with Crippen molar-refractivity contribution >= 4 is 16.7 Å². The van der Waals surface area contributed by atoms with Crippen molar-refractivity contribution in [2.24, 2.45) is 5.92 Å². The molecule has 5 nitrogen and oxygen atoms in total. The number of aromatic nitrogens is 2. The Balaban J connectivity index is 1.43. The Hall–Kier alpha value is -3.73. The summed E-state index contributed by atoms with van der Waals surface area (Å²) in [7, 11) is 0. The van der Waals surface area contributed by atoms with Gasteiger partial charge in [0.1, 0.15) is 0 Å². The van der Waals surface area contributed by atoms with Gasteiger partial charge >= 0.3 is 0 Å². The van der Waals surface area contributed by atoms with Crippen molar-refractivity contribution in [1.29, 1.82) is 0 Å². The molecular formula is C27H25N3O2. The molecule has 4 aromatic rings. The highest BCUT2D eigenvalue weighted by Crippen LogP contribution is 2.24. The number of carbonyl (C=O) groups is 1. The molecule has 0 bridgehead atoms. The topological polar surface area (TPSA) is 55.2 Å². The second-order valence-corrected chi connectivity index (χ2v) is 8.37. The Kier molecular flexibility index (Phi) is 5.55. The van der Waals surface area contributed by atoms with Gasteiger partial charge in [-0.25, -0.2) is 0 Å². The van der Waals surface area contributed by atoms with Crippen LogP contribution in [0.4, 0.5) is 0 Å². The van der Waals surface area contributed by atoms with Crippen LogP contribution in [-0.4, -0.2) is 33.7 Å². The van der Waals surface area contributed by atoms with Crippen LogP contribution in [0.15, 0.2) is 89.7 Å². The summed E-state index contributed by atoms with van der Waals surface area (Å²) in [6, 6.07) is 27.0. The van der Waals surface area contributed by atoms with Crippen molar-refractivity contribution in [3.63, 3.8) is 0 Å². The van der Waals surface area contributed by atoms with Gasteiger partial charge in [0.25, 0.3) is 11.5 Å². The minimum Gasteiger partial charge on any atom is -0.337 e. The molecule has 3 aromatic carbocycles. The monoisotopic (exact) mass is 423 g/mol. The number of hydrogen-bond donors (Lipinski definition) is 0. The summed E-state index contributed by atoms with van der Waals surface area (Å²) >= 11 is 0. The van der Waals surface area contributed by atoms with Crippen molar-refractivity contribution in [1.82, 2.24) is 14.7 Å². The second kappa shape index (κ2) is 8.79. The molecule has 0 saturated carbocycles. The van der Waals surface area contributed by atoms with Crippen molar-refractivity contribution < 1.29 is 4.79 Å². The number of para-hydroxylation sites is 1. The molecule has 0 atom stereocenters. The van der Waals surface area contributed by atoms with Crippen LogP contribution in [0.5, 0.6) is 0 Å². The number of fused-ring (bicyclic) bond motifs is 1. The Labute approximate surface area is 186 Å². The highest BCUT2D eigenvalue weighted by Gasteiger charge is 2.27. The lowest BCUT2D eigenvalue weighted by molar-refractivity contribution is 0.0685. The number of likely N-dealkylation sites (tertiary alicyclic amines) is 1. The first-order valence-electron chi connectivity index (χ1n) is 11.1. The molecule has 0 spiro atoms. The Morgan fingerprint density at radius 2 is 1.41 bits per heavy atom. The second-order valence-electron chi connectivity index (χ2n) is 8.37. The van der Waals surface area contributed by atoms with E-state index in [0.717, 1.165) is 19.3 Å². The summed E-state index contributed by atoms with van der Waals surface area (Å²) in [5.74, 6) is 0.466. The molecule has 0 radical (unpaired) electrons. The third kappa shape index (κ3) is 3.94. The minimum atomic E-state index is -0.218. The van der Waals surface area contributed by atoms with Gasteiger partial charge < -0.3 is 4.90 Å². The molecule has 5 rings (SSSR count). The summed E-state index contributed by atoms with van der Waals surface area (Å²) in [6.45, 7) is 1.41. The van der Waals surface area contributed by atoms with Gasteiger partial charge in [0.15, 0.2) is 5.69 Å². The average Bonchev–Trinajstić information content (AvgIpc) is 2.86. The van der Waals surface area contributed by atoms with E-state index in [1.165, 1.54) is 10.2 Å². The molecule has 0 unspecified atom stereocenters. The van der Waals surface area contributed by atoms with E-state index < -0.39 is 0 Å². The Bertz CT molecular complexity index is 1290. The van der Waals surface area contributed by atoms with Crippen LogP contribution in [0.3, 0.4) is 0 Å². The highest BCUT2D eigenvalue weighted by molar-refractivity contribution is 6.04. The molecule has 5 heteroatoms. The number of hydrogen-bond acceptors (Lipinski definition) is 3. The van der Waals surface area contributed by atoms with Gasteiger partial charge in [-0.15, -0.1) is 0 Å². The maximum atomic E-state index is 13.5. The number of carbonyl (C=O) groups excluding carboxylic acids is 1. The standard InChI is InChI=1S/C27H25N3O2/c31-26-24-14-8-7-13-23(24)25(28-30(26)22-11-5-2-6-12-22)27(32)29-17-15-21(16-18-29)19-20-9-3-1-4-10-20/h1-14,21H,15-19H2. The number of rotatable bonds is 4.